The van der Waals surface area contributed by atoms with Crippen molar-refractivity contribution in [3.05, 3.63) is 27.7 Å². The first-order chi connectivity index (χ1) is 10.1. The van der Waals surface area contributed by atoms with Crippen LogP contribution in [0.2, 0.25) is 0 Å². The summed E-state index contributed by atoms with van der Waals surface area (Å²) >= 11 is 0. The van der Waals surface area contributed by atoms with E-state index in [0.29, 0.717) is 37.4 Å². The van der Waals surface area contributed by atoms with Crippen LogP contribution in [0.25, 0.3) is 0 Å². The van der Waals surface area contributed by atoms with Gasteiger partial charge in [-0.2, -0.15) is 0 Å². The predicted molar refractivity (Wildman–Crippen MR) is 78.0 cm³/mol. The van der Waals surface area contributed by atoms with Crippen molar-refractivity contribution >= 4 is 0 Å². The molecule has 0 aromatic carbocycles. The van der Waals surface area contributed by atoms with Crippen molar-refractivity contribution in [1.29, 1.82) is 0 Å². The number of hydrogen-bond donors (Lipinski definition) is 4. The normalized spacial score (nSPS) is 11.3. The molecule has 0 bridgehead atoms. The molecule has 0 amide bonds. The monoisotopic (exact) mass is 300 g/mol. The zero-order chi connectivity index (χ0) is 15.8. The zero-order valence-electron chi connectivity index (χ0n) is 12.3. The molecule has 0 radical (unpaired) electrons. The topological polar surface area (TPSA) is 106 Å². The molecular formula is C14H24N2O5. The Bertz CT molecular complexity index is 501. The van der Waals surface area contributed by atoms with E-state index >= 15 is 0 Å². The molecular weight excluding hydrogens is 276 g/mol. The molecule has 0 aliphatic carbocycles. The molecule has 7 heteroatoms. The third-order valence-electron chi connectivity index (χ3n) is 3.42. The Balaban J connectivity index is 3.23. The fourth-order valence-corrected chi connectivity index (χ4v) is 2.24. The van der Waals surface area contributed by atoms with Gasteiger partial charge in [-0.1, -0.05) is 6.92 Å². The minimum absolute atomic E-state index is 0.0187. The molecule has 1 rings (SSSR count). The van der Waals surface area contributed by atoms with E-state index in [0.717, 1.165) is 0 Å². The van der Waals surface area contributed by atoms with Crippen LogP contribution in [0.15, 0.2) is 10.9 Å². The summed E-state index contributed by atoms with van der Waals surface area (Å²) in [7, 11) is 0. The Morgan fingerprint density at radius 2 is 1.95 bits per heavy atom. The minimum atomic E-state index is -0.533. The molecule has 1 heterocycles. The quantitative estimate of drug-likeness (QED) is 0.478. The Morgan fingerprint density at radius 3 is 2.48 bits per heavy atom. The van der Waals surface area contributed by atoms with Crippen LogP contribution >= 0.6 is 0 Å². The zero-order valence-corrected chi connectivity index (χ0v) is 12.3. The van der Waals surface area contributed by atoms with Gasteiger partial charge in [-0.15, -0.1) is 0 Å². The van der Waals surface area contributed by atoms with Crippen LogP contribution in [0.3, 0.4) is 0 Å². The number of rotatable bonds is 9. The Kier molecular flexibility index (Phi) is 7.38. The summed E-state index contributed by atoms with van der Waals surface area (Å²) in [6.07, 6.45) is 0.453. The van der Waals surface area contributed by atoms with Gasteiger partial charge in [0, 0.05) is 38.0 Å². The number of aliphatic hydroxyl groups excluding tert-OH is 3. The SMILES string of the molecule is CCN(CCO)Cc1c(O)c(=O)cc(CO)n1CCCO. The van der Waals surface area contributed by atoms with Gasteiger partial charge in [0.25, 0.3) is 0 Å². The first kappa shape index (κ1) is 17.6. The predicted octanol–water partition coefficient (Wildman–Crippen LogP) is -0.757. The molecule has 0 fully saturated rings. The van der Waals surface area contributed by atoms with Gasteiger partial charge in [0.1, 0.15) is 0 Å². The van der Waals surface area contributed by atoms with Crippen molar-refractivity contribution in [1.82, 2.24) is 9.47 Å². The lowest BCUT2D eigenvalue weighted by molar-refractivity contribution is 0.189. The van der Waals surface area contributed by atoms with Crippen LogP contribution in [0.5, 0.6) is 5.75 Å². The number of hydrogen-bond acceptors (Lipinski definition) is 6. The van der Waals surface area contributed by atoms with Gasteiger partial charge in [0.2, 0.25) is 5.43 Å². The van der Waals surface area contributed by atoms with Crippen LogP contribution in [0.4, 0.5) is 0 Å². The number of aliphatic hydroxyl groups is 3. The molecule has 1 aromatic heterocycles. The molecule has 0 unspecified atom stereocenters. The van der Waals surface area contributed by atoms with Gasteiger partial charge in [0.15, 0.2) is 5.75 Å². The van der Waals surface area contributed by atoms with Crippen LogP contribution in [-0.4, -0.2) is 56.2 Å². The molecule has 120 valence electrons. The van der Waals surface area contributed by atoms with E-state index in [1.54, 1.807) is 4.57 Å². The molecule has 1 aromatic rings. The van der Waals surface area contributed by atoms with Crippen LogP contribution in [0, 0.1) is 0 Å². The van der Waals surface area contributed by atoms with E-state index in [-0.39, 0.29) is 32.1 Å². The van der Waals surface area contributed by atoms with Crippen molar-refractivity contribution in [3.8, 4) is 5.75 Å². The van der Waals surface area contributed by atoms with Gasteiger partial charge in [-0.3, -0.25) is 9.69 Å². The van der Waals surface area contributed by atoms with Gasteiger partial charge >= 0.3 is 0 Å². The lowest BCUT2D eigenvalue weighted by Gasteiger charge is -2.24. The summed E-state index contributed by atoms with van der Waals surface area (Å²) in [5, 5.41) is 37.4. The Hall–Kier alpha value is -1.41. The van der Waals surface area contributed by atoms with Crippen LogP contribution in [-0.2, 0) is 19.7 Å². The highest BCUT2D eigenvalue weighted by Crippen LogP contribution is 2.18. The van der Waals surface area contributed by atoms with Crippen LogP contribution < -0.4 is 5.43 Å². The number of pyridine rings is 1. The molecule has 0 aliphatic rings. The van der Waals surface area contributed by atoms with Gasteiger partial charge < -0.3 is 25.0 Å². The smallest absolute Gasteiger partial charge is 0.223 e. The second kappa shape index (κ2) is 8.78. The second-order valence-electron chi connectivity index (χ2n) is 4.77. The summed E-state index contributed by atoms with van der Waals surface area (Å²) in [5.74, 6) is -0.346. The van der Waals surface area contributed by atoms with E-state index in [2.05, 4.69) is 0 Å². The third kappa shape index (κ3) is 4.53. The maximum atomic E-state index is 11.8. The number of nitrogens with zero attached hydrogens (tertiary/aromatic N) is 2. The summed E-state index contributed by atoms with van der Waals surface area (Å²) < 4.78 is 1.66. The largest absolute Gasteiger partial charge is 0.503 e. The Labute approximate surface area is 123 Å². The summed E-state index contributed by atoms with van der Waals surface area (Å²) in [5.41, 5.74) is 0.269. The van der Waals surface area contributed by atoms with Crippen molar-refractivity contribution in [2.45, 2.75) is 33.0 Å². The standard InChI is InChI=1S/C14H24N2O5/c1-2-15(5-7-18)9-12-14(21)13(20)8-11(10-19)16(12)4-3-6-17/h8,17-19,21H,2-7,9-10H2,1H3. The highest BCUT2D eigenvalue weighted by molar-refractivity contribution is 5.30. The number of likely N-dealkylation sites (N-methyl/N-ethyl adjacent to an activating group) is 1. The van der Waals surface area contributed by atoms with Gasteiger partial charge in [0.05, 0.1) is 18.9 Å². The fraction of sp³-hybridized carbons (Fsp3) is 0.643. The first-order valence-corrected chi connectivity index (χ1v) is 7.08. The lowest BCUT2D eigenvalue weighted by atomic mass is 10.2. The summed E-state index contributed by atoms with van der Waals surface area (Å²) in [4.78, 5) is 13.7. The summed E-state index contributed by atoms with van der Waals surface area (Å²) in [6, 6.07) is 1.21. The molecule has 4 N–H and O–H groups in total. The average molecular weight is 300 g/mol. The maximum Gasteiger partial charge on any atom is 0.223 e. The van der Waals surface area contributed by atoms with Gasteiger partial charge in [-0.05, 0) is 13.0 Å². The fourth-order valence-electron chi connectivity index (χ4n) is 2.24. The molecule has 0 spiro atoms. The van der Waals surface area contributed by atoms with Crippen molar-refractivity contribution in [2.75, 3.05) is 26.3 Å². The second-order valence-corrected chi connectivity index (χ2v) is 4.77. The molecule has 7 nitrogen and oxygen atoms in total. The van der Waals surface area contributed by atoms with E-state index in [1.165, 1.54) is 6.07 Å². The third-order valence-corrected chi connectivity index (χ3v) is 3.42. The van der Waals surface area contributed by atoms with Crippen LogP contribution in [0.1, 0.15) is 24.7 Å². The first-order valence-electron chi connectivity index (χ1n) is 7.08. The van der Waals surface area contributed by atoms with Crippen molar-refractivity contribution < 1.29 is 20.4 Å². The summed E-state index contributed by atoms with van der Waals surface area (Å²) in [6.45, 7) is 3.31. The molecule has 0 atom stereocenters. The molecule has 0 aliphatic heterocycles. The maximum absolute atomic E-state index is 11.8. The lowest BCUT2D eigenvalue weighted by Crippen LogP contribution is -2.30. The van der Waals surface area contributed by atoms with Crippen molar-refractivity contribution in [3.63, 3.8) is 0 Å². The van der Waals surface area contributed by atoms with Crippen molar-refractivity contribution in [2.24, 2.45) is 0 Å². The van der Waals surface area contributed by atoms with E-state index in [1.807, 2.05) is 11.8 Å². The van der Waals surface area contributed by atoms with E-state index < -0.39 is 5.43 Å². The van der Waals surface area contributed by atoms with Gasteiger partial charge in [-0.25, -0.2) is 0 Å². The highest BCUT2D eigenvalue weighted by atomic mass is 16.3. The van der Waals surface area contributed by atoms with E-state index in [4.69, 9.17) is 10.2 Å². The average Bonchev–Trinajstić information content (AvgIpc) is 2.49. The molecule has 0 saturated heterocycles. The molecule has 21 heavy (non-hydrogen) atoms. The molecule has 0 saturated carbocycles. The number of aromatic nitrogens is 1. The minimum Gasteiger partial charge on any atom is -0.503 e. The highest BCUT2D eigenvalue weighted by Gasteiger charge is 2.16. The number of aromatic hydroxyl groups is 1. The Morgan fingerprint density at radius 1 is 1.24 bits per heavy atom. The van der Waals surface area contributed by atoms with E-state index in [9.17, 15) is 15.0 Å².